The molecule has 0 saturated carbocycles. The van der Waals surface area contributed by atoms with Crippen LogP contribution in [0.4, 0.5) is 0 Å². The second-order valence-electron chi connectivity index (χ2n) is 3.21. The van der Waals surface area contributed by atoms with Gasteiger partial charge < -0.3 is 9.64 Å². The number of amides is 1. The van der Waals surface area contributed by atoms with Crippen molar-refractivity contribution in [1.82, 2.24) is 4.90 Å². The van der Waals surface area contributed by atoms with Gasteiger partial charge in [0.25, 0.3) is 5.91 Å². The summed E-state index contributed by atoms with van der Waals surface area (Å²) in [7, 11) is 1.82. The van der Waals surface area contributed by atoms with Gasteiger partial charge >= 0.3 is 0 Å². The minimum Gasteiger partial charge on any atom is -0.368 e. The molecule has 1 amide bonds. The van der Waals surface area contributed by atoms with Crippen LogP contribution in [-0.2, 0) is 9.53 Å². The van der Waals surface area contributed by atoms with Crippen LogP contribution in [0, 0.1) is 0 Å². The first-order chi connectivity index (χ1) is 5.75. The van der Waals surface area contributed by atoms with Gasteiger partial charge in [0.1, 0.15) is 6.10 Å². The lowest BCUT2D eigenvalue weighted by atomic mass is 10.1. The van der Waals surface area contributed by atoms with Crippen molar-refractivity contribution in [3.05, 3.63) is 0 Å². The molecule has 1 atom stereocenters. The highest BCUT2D eigenvalue weighted by atomic mass is 16.5. The molecule has 0 spiro atoms. The highest BCUT2D eigenvalue weighted by Gasteiger charge is 2.23. The van der Waals surface area contributed by atoms with Crippen LogP contribution in [0.1, 0.15) is 26.2 Å². The van der Waals surface area contributed by atoms with E-state index in [1.807, 2.05) is 14.0 Å². The minimum atomic E-state index is -0.163. The van der Waals surface area contributed by atoms with E-state index in [2.05, 4.69) is 0 Å². The van der Waals surface area contributed by atoms with E-state index in [9.17, 15) is 4.79 Å². The van der Waals surface area contributed by atoms with E-state index in [1.54, 1.807) is 4.90 Å². The lowest BCUT2D eigenvalue weighted by Crippen LogP contribution is -2.39. The van der Waals surface area contributed by atoms with Gasteiger partial charge in [-0.2, -0.15) is 0 Å². The third kappa shape index (κ3) is 2.21. The molecule has 1 aliphatic rings. The SMILES string of the molecule is CCN(C)C(=O)C1CCCCO1. The number of carbonyl (C=O) groups excluding carboxylic acids is 1. The Morgan fingerprint density at radius 2 is 2.33 bits per heavy atom. The van der Waals surface area contributed by atoms with Crippen LogP contribution >= 0.6 is 0 Å². The van der Waals surface area contributed by atoms with Crippen LogP contribution < -0.4 is 0 Å². The van der Waals surface area contributed by atoms with E-state index >= 15 is 0 Å². The van der Waals surface area contributed by atoms with E-state index in [-0.39, 0.29) is 12.0 Å². The van der Waals surface area contributed by atoms with E-state index in [0.29, 0.717) is 0 Å². The Morgan fingerprint density at radius 3 is 2.83 bits per heavy atom. The summed E-state index contributed by atoms with van der Waals surface area (Å²) in [6.07, 6.45) is 2.94. The van der Waals surface area contributed by atoms with E-state index < -0.39 is 0 Å². The molecule has 0 aliphatic carbocycles. The monoisotopic (exact) mass is 171 g/mol. The fourth-order valence-electron chi connectivity index (χ4n) is 1.34. The fraction of sp³-hybridized carbons (Fsp3) is 0.889. The molecule has 0 bridgehead atoms. The molecular weight excluding hydrogens is 154 g/mol. The molecule has 0 aromatic heterocycles. The van der Waals surface area contributed by atoms with Crippen molar-refractivity contribution in [3.63, 3.8) is 0 Å². The number of hydrogen-bond donors (Lipinski definition) is 0. The molecule has 0 aromatic carbocycles. The summed E-state index contributed by atoms with van der Waals surface area (Å²) in [6, 6.07) is 0. The second kappa shape index (κ2) is 4.45. The summed E-state index contributed by atoms with van der Waals surface area (Å²) in [5.41, 5.74) is 0. The number of likely N-dealkylation sites (N-methyl/N-ethyl adjacent to an activating group) is 1. The summed E-state index contributed by atoms with van der Waals surface area (Å²) in [4.78, 5) is 13.2. The molecule has 3 heteroatoms. The first kappa shape index (κ1) is 9.52. The molecule has 0 aromatic rings. The van der Waals surface area contributed by atoms with Gasteiger partial charge in [0, 0.05) is 20.2 Å². The van der Waals surface area contributed by atoms with Crippen LogP contribution in [-0.4, -0.2) is 37.1 Å². The largest absolute Gasteiger partial charge is 0.368 e. The van der Waals surface area contributed by atoms with Crippen molar-refractivity contribution < 1.29 is 9.53 Å². The lowest BCUT2D eigenvalue weighted by molar-refractivity contribution is -0.144. The van der Waals surface area contributed by atoms with Gasteiger partial charge in [-0.25, -0.2) is 0 Å². The zero-order valence-corrected chi connectivity index (χ0v) is 7.88. The lowest BCUT2D eigenvalue weighted by Gasteiger charge is -2.25. The molecule has 12 heavy (non-hydrogen) atoms. The Morgan fingerprint density at radius 1 is 1.58 bits per heavy atom. The summed E-state index contributed by atoms with van der Waals surface area (Å²) >= 11 is 0. The van der Waals surface area contributed by atoms with Crippen molar-refractivity contribution in [2.24, 2.45) is 0 Å². The first-order valence-electron chi connectivity index (χ1n) is 4.62. The average molecular weight is 171 g/mol. The van der Waals surface area contributed by atoms with Crippen LogP contribution in [0.15, 0.2) is 0 Å². The molecule has 1 saturated heterocycles. The van der Waals surface area contributed by atoms with Crippen molar-refractivity contribution in [2.45, 2.75) is 32.3 Å². The molecule has 3 nitrogen and oxygen atoms in total. The van der Waals surface area contributed by atoms with Crippen LogP contribution in [0.25, 0.3) is 0 Å². The Kier molecular flexibility index (Phi) is 3.53. The standard InChI is InChI=1S/C9H17NO2/c1-3-10(2)9(11)8-6-4-5-7-12-8/h8H,3-7H2,1-2H3. The third-order valence-corrected chi connectivity index (χ3v) is 2.31. The summed E-state index contributed by atoms with van der Waals surface area (Å²) in [6.45, 7) is 3.48. The molecule has 1 heterocycles. The van der Waals surface area contributed by atoms with Crippen LogP contribution in [0.5, 0.6) is 0 Å². The Bertz CT molecular complexity index is 153. The molecule has 0 radical (unpaired) electrons. The number of hydrogen-bond acceptors (Lipinski definition) is 2. The number of nitrogens with zero attached hydrogens (tertiary/aromatic N) is 1. The number of carbonyl (C=O) groups is 1. The van der Waals surface area contributed by atoms with Gasteiger partial charge in [-0.05, 0) is 26.2 Å². The quantitative estimate of drug-likeness (QED) is 0.621. The molecule has 0 N–H and O–H groups in total. The summed E-state index contributed by atoms with van der Waals surface area (Å²) < 4.78 is 5.37. The Hall–Kier alpha value is -0.570. The predicted octanol–water partition coefficient (Wildman–Crippen LogP) is 1.03. The van der Waals surface area contributed by atoms with Gasteiger partial charge in [0.15, 0.2) is 0 Å². The normalized spacial score (nSPS) is 23.7. The zero-order chi connectivity index (χ0) is 8.97. The molecule has 1 rings (SSSR count). The number of ether oxygens (including phenoxy) is 1. The minimum absolute atomic E-state index is 0.136. The van der Waals surface area contributed by atoms with Gasteiger partial charge in [-0.1, -0.05) is 0 Å². The van der Waals surface area contributed by atoms with E-state index in [4.69, 9.17) is 4.74 Å². The third-order valence-electron chi connectivity index (χ3n) is 2.31. The first-order valence-corrected chi connectivity index (χ1v) is 4.62. The molecule has 1 aliphatic heterocycles. The zero-order valence-electron chi connectivity index (χ0n) is 7.88. The highest BCUT2D eigenvalue weighted by molar-refractivity contribution is 5.80. The smallest absolute Gasteiger partial charge is 0.251 e. The van der Waals surface area contributed by atoms with Gasteiger partial charge in [0.2, 0.25) is 0 Å². The van der Waals surface area contributed by atoms with Gasteiger partial charge in [0.05, 0.1) is 0 Å². The van der Waals surface area contributed by atoms with E-state index in [0.717, 1.165) is 32.4 Å². The van der Waals surface area contributed by atoms with Crippen LogP contribution in [0.2, 0.25) is 0 Å². The topological polar surface area (TPSA) is 29.5 Å². The summed E-state index contributed by atoms with van der Waals surface area (Å²) in [5.74, 6) is 0.136. The Labute approximate surface area is 73.7 Å². The van der Waals surface area contributed by atoms with Crippen molar-refractivity contribution >= 4 is 5.91 Å². The molecular formula is C9H17NO2. The second-order valence-corrected chi connectivity index (χ2v) is 3.21. The predicted molar refractivity (Wildman–Crippen MR) is 46.9 cm³/mol. The maximum atomic E-state index is 11.5. The fourth-order valence-corrected chi connectivity index (χ4v) is 1.34. The summed E-state index contributed by atoms with van der Waals surface area (Å²) in [5, 5.41) is 0. The van der Waals surface area contributed by atoms with Gasteiger partial charge in [-0.15, -0.1) is 0 Å². The molecule has 70 valence electrons. The highest BCUT2D eigenvalue weighted by Crippen LogP contribution is 2.14. The maximum Gasteiger partial charge on any atom is 0.251 e. The average Bonchev–Trinajstić information content (AvgIpc) is 2.17. The Balaban J connectivity index is 2.39. The molecule has 1 unspecified atom stereocenters. The molecule has 1 fully saturated rings. The van der Waals surface area contributed by atoms with Crippen molar-refractivity contribution in [2.75, 3.05) is 20.2 Å². The van der Waals surface area contributed by atoms with Crippen molar-refractivity contribution in [1.29, 1.82) is 0 Å². The maximum absolute atomic E-state index is 11.5. The van der Waals surface area contributed by atoms with Crippen molar-refractivity contribution in [3.8, 4) is 0 Å². The van der Waals surface area contributed by atoms with Crippen LogP contribution in [0.3, 0.4) is 0 Å². The van der Waals surface area contributed by atoms with Gasteiger partial charge in [-0.3, -0.25) is 4.79 Å². The number of rotatable bonds is 2. The van der Waals surface area contributed by atoms with E-state index in [1.165, 1.54) is 0 Å².